The van der Waals surface area contributed by atoms with Gasteiger partial charge in [-0.25, -0.2) is 0 Å². The van der Waals surface area contributed by atoms with E-state index in [2.05, 4.69) is 62.2 Å². The van der Waals surface area contributed by atoms with Gasteiger partial charge >= 0.3 is 0 Å². The summed E-state index contributed by atoms with van der Waals surface area (Å²) >= 11 is 0. The zero-order valence-electron chi connectivity index (χ0n) is 13.6. The summed E-state index contributed by atoms with van der Waals surface area (Å²) in [5.74, 6) is 0. The summed E-state index contributed by atoms with van der Waals surface area (Å²) in [6.07, 6.45) is 3.87. The summed E-state index contributed by atoms with van der Waals surface area (Å²) in [5.41, 5.74) is 3.02. The lowest BCUT2D eigenvalue weighted by Crippen LogP contribution is -2.51. The molecule has 0 amide bonds. The predicted octanol–water partition coefficient (Wildman–Crippen LogP) is 3.91. The molecule has 1 aromatic carbocycles. The zero-order valence-corrected chi connectivity index (χ0v) is 13.6. The van der Waals surface area contributed by atoms with Gasteiger partial charge in [0.2, 0.25) is 0 Å². The van der Waals surface area contributed by atoms with Crippen LogP contribution < -0.4 is 5.32 Å². The average Bonchev–Trinajstić information content (AvgIpc) is 2.95. The normalized spacial score (nSPS) is 18.4. The first-order chi connectivity index (χ1) is 9.57. The molecule has 112 valence electrons. The SMILES string of the molecule is CCCNC(c1ccccc1C)C(C)(C)N1CCCC1. The Labute approximate surface area is 124 Å². The number of nitrogens with one attached hydrogen (secondary N) is 1. The van der Waals surface area contributed by atoms with Gasteiger partial charge in [-0.2, -0.15) is 0 Å². The molecule has 0 bridgehead atoms. The molecule has 0 aromatic heterocycles. The molecule has 1 aliphatic rings. The Balaban J connectivity index is 2.29. The number of nitrogens with zero attached hydrogens (tertiary/aromatic N) is 1. The Bertz CT molecular complexity index is 419. The van der Waals surface area contributed by atoms with Crippen molar-refractivity contribution >= 4 is 0 Å². The lowest BCUT2D eigenvalue weighted by molar-refractivity contribution is 0.106. The van der Waals surface area contributed by atoms with E-state index in [0.717, 1.165) is 6.54 Å². The first-order valence-electron chi connectivity index (χ1n) is 8.11. The molecular weight excluding hydrogens is 244 g/mol. The van der Waals surface area contributed by atoms with Crippen molar-refractivity contribution in [3.63, 3.8) is 0 Å². The van der Waals surface area contributed by atoms with Gasteiger partial charge in [0.1, 0.15) is 0 Å². The second-order valence-electron chi connectivity index (χ2n) is 6.59. The number of hydrogen-bond acceptors (Lipinski definition) is 2. The van der Waals surface area contributed by atoms with Crippen molar-refractivity contribution in [2.24, 2.45) is 0 Å². The van der Waals surface area contributed by atoms with Gasteiger partial charge in [0.25, 0.3) is 0 Å². The molecule has 0 radical (unpaired) electrons. The Hall–Kier alpha value is -0.860. The molecule has 1 heterocycles. The summed E-state index contributed by atoms with van der Waals surface area (Å²) in [4.78, 5) is 2.66. The van der Waals surface area contributed by atoms with E-state index in [1.54, 1.807) is 0 Å². The van der Waals surface area contributed by atoms with Crippen molar-refractivity contribution in [1.82, 2.24) is 10.2 Å². The fourth-order valence-corrected chi connectivity index (χ4v) is 3.42. The second kappa shape index (κ2) is 6.73. The number of likely N-dealkylation sites (tertiary alicyclic amines) is 1. The van der Waals surface area contributed by atoms with E-state index in [1.165, 1.54) is 43.5 Å². The van der Waals surface area contributed by atoms with Crippen molar-refractivity contribution < 1.29 is 0 Å². The number of benzene rings is 1. The van der Waals surface area contributed by atoms with E-state index in [-0.39, 0.29) is 5.54 Å². The molecule has 1 fully saturated rings. The van der Waals surface area contributed by atoms with Crippen molar-refractivity contribution in [1.29, 1.82) is 0 Å². The molecule has 20 heavy (non-hydrogen) atoms. The van der Waals surface area contributed by atoms with Crippen LogP contribution in [0, 0.1) is 6.92 Å². The maximum absolute atomic E-state index is 3.80. The molecule has 1 saturated heterocycles. The highest BCUT2D eigenvalue weighted by molar-refractivity contribution is 5.31. The van der Waals surface area contributed by atoms with Crippen LogP contribution >= 0.6 is 0 Å². The minimum Gasteiger partial charge on any atom is -0.308 e. The third-order valence-electron chi connectivity index (χ3n) is 4.73. The van der Waals surface area contributed by atoms with Crippen LogP contribution in [0.4, 0.5) is 0 Å². The third kappa shape index (κ3) is 3.24. The molecule has 0 aliphatic carbocycles. The molecule has 1 atom stereocenters. The van der Waals surface area contributed by atoms with Gasteiger partial charge in [0.05, 0.1) is 6.04 Å². The van der Waals surface area contributed by atoms with Gasteiger partial charge < -0.3 is 5.32 Å². The van der Waals surface area contributed by atoms with Crippen LogP contribution in [-0.2, 0) is 0 Å². The molecule has 1 unspecified atom stereocenters. The van der Waals surface area contributed by atoms with Gasteiger partial charge in [-0.15, -0.1) is 0 Å². The molecule has 2 heteroatoms. The fourth-order valence-electron chi connectivity index (χ4n) is 3.42. The molecule has 1 aromatic rings. The van der Waals surface area contributed by atoms with Crippen LogP contribution in [-0.4, -0.2) is 30.1 Å². The fraction of sp³-hybridized carbons (Fsp3) is 0.667. The largest absolute Gasteiger partial charge is 0.308 e. The Morgan fingerprint density at radius 3 is 2.45 bits per heavy atom. The Morgan fingerprint density at radius 2 is 1.85 bits per heavy atom. The standard InChI is InChI=1S/C18H30N2/c1-5-12-19-17(16-11-7-6-10-15(16)2)18(3,4)20-13-8-9-14-20/h6-7,10-11,17,19H,5,8-9,12-14H2,1-4H3. The van der Waals surface area contributed by atoms with Gasteiger partial charge in [0, 0.05) is 5.54 Å². The van der Waals surface area contributed by atoms with Crippen LogP contribution in [0.25, 0.3) is 0 Å². The van der Waals surface area contributed by atoms with E-state index < -0.39 is 0 Å². The minimum atomic E-state index is 0.164. The van der Waals surface area contributed by atoms with Crippen molar-refractivity contribution in [2.75, 3.05) is 19.6 Å². The first kappa shape index (κ1) is 15.5. The molecule has 0 saturated carbocycles. The highest BCUT2D eigenvalue weighted by Crippen LogP contribution is 2.34. The van der Waals surface area contributed by atoms with Crippen LogP contribution in [0.3, 0.4) is 0 Å². The number of rotatable bonds is 6. The van der Waals surface area contributed by atoms with Gasteiger partial charge in [0.15, 0.2) is 0 Å². The Morgan fingerprint density at radius 1 is 1.20 bits per heavy atom. The Kier molecular flexibility index (Phi) is 5.22. The lowest BCUT2D eigenvalue weighted by atomic mass is 9.85. The lowest BCUT2D eigenvalue weighted by Gasteiger charge is -2.43. The summed E-state index contributed by atoms with van der Waals surface area (Å²) in [6.45, 7) is 12.8. The van der Waals surface area contributed by atoms with Crippen LogP contribution in [0.5, 0.6) is 0 Å². The van der Waals surface area contributed by atoms with Crippen LogP contribution in [0.1, 0.15) is 57.2 Å². The van der Waals surface area contributed by atoms with Crippen LogP contribution in [0.2, 0.25) is 0 Å². The molecule has 1 aliphatic heterocycles. The average molecular weight is 274 g/mol. The topological polar surface area (TPSA) is 15.3 Å². The third-order valence-corrected chi connectivity index (χ3v) is 4.73. The number of aryl methyl sites for hydroxylation is 1. The second-order valence-corrected chi connectivity index (χ2v) is 6.59. The quantitative estimate of drug-likeness (QED) is 0.846. The maximum Gasteiger partial charge on any atom is 0.0504 e. The monoisotopic (exact) mass is 274 g/mol. The van der Waals surface area contributed by atoms with E-state index in [0.29, 0.717) is 6.04 Å². The van der Waals surface area contributed by atoms with Crippen molar-refractivity contribution in [2.45, 2.75) is 58.5 Å². The maximum atomic E-state index is 3.80. The molecule has 1 N–H and O–H groups in total. The van der Waals surface area contributed by atoms with E-state index in [4.69, 9.17) is 0 Å². The number of hydrogen-bond donors (Lipinski definition) is 1. The molecule has 2 nitrogen and oxygen atoms in total. The van der Waals surface area contributed by atoms with E-state index in [9.17, 15) is 0 Å². The van der Waals surface area contributed by atoms with E-state index >= 15 is 0 Å². The van der Waals surface area contributed by atoms with Crippen LogP contribution in [0.15, 0.2) is 24.3 Å². The van der Waals surface area contributed by atoms with Crippen molar-refractivity contribution in [3.8, 4) is 0 Å². The van der Waals surface area contributed by atoms with Gasteiger partial charge in [-0.05, 0) is 70.8 Å². The van der Waals surface area contributed by atoms with Gasteiger partial charge in [-0.3, -0.25) is 4.90 Å². The van der Waals surface area contributed by atoms with Gasteiger partial charge in [-0.1, -0.05) is 31.2 Å². The molecule has 2 rings (SSSR count). The molecular formula is C18H30N2. The van der Waals surface area contributed by atoms with E-state index in [1.807, 2.05) is 0 Å². The first-order valence-corrected chi connectivity index (χ1v) is 8.11. The smallest absolute Gasteiger partial charge is 0.0504 e. The minimum absolute atomic E-state index is 0.164. The summed E-state index contributed by atoms with van der Waals surface area (Å²) in [5, 5.41) is 3.80. The zero-order chi connectivity index (χ0) is 14.6. The molecule has 0 spiro atoms. The highest BCUT2D eigenvalue weighted by atomic mass is 15.2. The summed E-state index contributed by atoms with van der Waals surface area (Å²) in [7, 11) is 0. The van der Waals surface area contributed by atoms with Crippen molar-refractivity contribution in [3.05, 3.63) is 35.4 Å². The predicted molar refractivity (Wildman–Crippen MR) is 87.1 cm³/mol. The summed E-state index contributed by atoms with van der Waals surface area (Å²) in [6, 6.07) is 9.24. The summed E-state index contributed by atoms with van der Waals surface area (Å²) < 4.78 is 0. The highest BCUT2D eigenvalue weighted by Gasteiger charge is 2.37.